The minimum absolute atomic E-state index is 0.0319. The van der Waals surface area contributed by atoms with Crippen LogP contribution >= 0.6 is 0 Å². The molecule has 1 N–H and O–H groups in total. The lowest BCUT2D eigenvalue weighted by atomic mass is 9.84. The Labute approximate surface area is 148 Å². The molecule has 0 radical (unpaired) electrons. The molecular weight excluding hydrogens is 314 g/mol. The molecule has 1 aliphatic heterocycles. The van der Waals surface area contributed by atoms with Gasteiger partial charge >= 0.3 is 0 Å². The summed E-state index contributed by atoms with van der Waals surface area (Å²) in [6, 6.07) is 5.75. The first-order valence-corrected chi connectivity index (χ1v) is 9.14. The van der Waals surface area contributed by atoms with Crippen LogP contribution in [-0.2, 0) is 19.5 Å². The van der Waals surface area contributed by atoms with Crippen LogP contribution in [0.3, 0.4) is 0 Å². The summed E-state index contributed by atoms with van der Waals surface area (Å²) in [7, 11) is 1.81. The first kappa shape index (κ1) is 16.3. The van der Waals surface area contributed by atoms with Gasteiger partial charge in [0.2, 0.25) is 0 Å². The minimum Gasteiger partial charge on any atom is -0.334 e. The van der Waals surface area contributed by atoms with Gasteiger partial charge in [0.25, 0.3) is 5.91 Å². The third-order valence-electron chi connectivity index (χ3n) is 5.43. The van der Waals surface area contributed by atoms with Gasteiger partial charge in [-0.1, -0.05) is 12.5 Å². The molecule has 0 bridgehead atoms. The van der Waals surface area contributed by atoms with Gasteiger partial charge in [-0.25, -0.2) is 0 Å². The Hall–Kier alpha value is -2.21. The summed E-state index contributed by atoms with van der Waals surface area (Å²) in [6.45, 7) is 3.58. The smallest absolute Gasteiger partial charge is 0.274 e. The van der Waals surface area contributed by atoms with E-state index in [4.69, 9.17) is 0 Å². The molecule has 2 aromatic heterocycles. The number of H-pyrrole nitrogens is 1. The first-order valence-electron chi connectivity index (χ1n) is 9.14. The second-order valence-corrected chi connectivity index (χ2v) is 7.29. The van der Waals surface area contributed by atoms with E-state index in [0.29, 0.717) is 12.2 Å². The molecule has 3 heterocycles. The van der Waals surface area contributed by atoms with Gasteiger partial charge in [-0.3, -0.25) is 19.8 Å². The number of fused-ring (bicyclic) bond motifs is 1. The van der Waals surface area contributed by atoms with Crippen LogP contribution in [0.1, 0.15) is 46.7 Å². The summed E-state index contributed by atoms with van der Waals surface area (Å²) in [5.74, 6) is 0.839. The number of amides is 1. The van der Waals surface area contributed by atoms with Gasteiger partial charge in [-0.2, -0.15) is 5.10 Å². The van der Waals surface area contributed by atoms with Gasteiger partial charge in [0.05, 0.1) is 17.9 Å². The molecule has 0 aromatic carbocycles. The summed E-state index contributed by atoms with van der Waals surface area (Å²) in [5.41, 5.74) is 3.68. The zero-order chi connectivity index (χ0) is 17.2. The van der Waals surface area contributed by atoms with Gasteiger partial charge < -0.3 is 4.90 Å². The maximum atomic E-state index is 12.8. The number of rotatable bonds is 5. The molecule has 6 nitrogen and oxygen atoms in total. The zero-order valence-corrected chi connectivity index (χ0v) is 14.7. The van der Waals surface area contributed by atoms with Gasteiger partial charge in [0, 0.05) is 38.4 Å². The van der Waals surface area contributed by atoms with E-state index in [1.165, 1.54) is 25.8 Å². The van der Waals surface area contributed by atoms with Crippen LogP contribution in [0.5, 0.6) is 0 Å². The quantitative estimate of drug-likeness (QED) is 0.907. The van der Waals surface area contributed by atoms with Gasteiger partial charge in [-0.05, 0) is 37.3 Å². The van der Waals surface area contributed by atoms with E-state index in [9.17, 15) is 4.79 Å². The Morgan fingerprint density at radius 3 is 3.00 bits per heavy atom. The summed E-state index contributed by atoms with van der Waals surface area (Å²) < 4.78 is 0. The molecule has 1 fully saturated rings. The van der Waals surface area contributed by atoms with Crippen LogP contribution in [0.4, 0.5) is 0 Å². The molecule has 132 valence electrons. The lowest BCUT2D eigenvalue weighted by molar-refractivity contribution is 0.0775. The Morgan fingerprint density at radius 1 is 1.40 bits per heavy atom. The summed E-state index contributed by atoms with van der Waals surface area (Å²) in [5, 5.41) is 7.46. The fourth-order valence-corrected chi connectivity index (χ4v) is 3.73. The maximum absolute atomic E-state index is 12.8. The van der Waals surface area contributed by atoms with Crippen LogP contribution in [-0.4, -0.2) is 51.0 Å². The van der Waals surface area contributed by atoms with Gasteiger partial charge in [-0.15, -0.1) is 0 Å². The molecule has 25 heavy (non-hydrogen) atoms. The number of hydrogen-bond donors (Lipinski definition) is 1. The Morgan fingerprint density at radius 2 is 2.28 bits per heavy atom. The van der Waals surface area contributed by atoms with Crippen molar-refractivity contribution in [2.75, 3.05) is 20.1 Å². The largest absolute Gasteiger partial charge is 0.334 e. The Kier molecular flexibility index (Phi) is 4.53. The highest BCUT2D eigenvalue weighted by atomic mass is 16.2. The number of carbonyl (C=O) groups is 1. The predicted octanol–water partition coefficient (Wildman–Crippen LogP) is 2.24. The van der Waals surface area contributed by atoms with Crippen molar-refractivity contribution in [3.05, 3.63) is 47.0 Å². The molecule has 0 saturated heterocycles. The topological polar surface area (TPSA) is 65.1 Å². The second kappa shape index (κ2) is 6.96. The summed E-state index contributed by atoms with van der Waals surface area (Å²) in [4.78, 5) is 21.3. The van der Waals surface area contributed by atoms with Crippen LogP contribution in [0.15, 0.2) is 24.4 Å². The predicted molar refractivity (Wildman–Crippen MR) is 94.9 cm³/mol. The maximum Gasteiger partial charge on any atom is 0.274 e. The van der Waals surface area contributed by atoms with Crippen molar-refractivity contribution in [3.8, 4) is 0 Å². The third kappa shape index (κ3) is 3.44. The van der Waals surface area contributed by atoms with Crippen molar-refractivity contribution in [1.29, 1.82) is 0 Å². The molecule has 1 saturated carbocycles. The van der Waals surface area contributed by atoms with Crippen molar-refractivity contribution in [1.82, 2.24) is 25.0 Å². The molecule has 1 amide bonds. The number of nitrogens with zero attached hydrogens (tertiary/aromatic N) is 4. The van der Waals surface area contributed by atoms with E-state index in [2.05, 4.69) is 20.1 Å². The highest BCUT2D eigenvalue weighted by molar-refractivity contribution is 5.93. The monoisotopic (exact) mass is 339 g/mol. The molecule has 1 aliphatic carbocycles. The van der Waals surface area contributed by atoms with Gasteiger partial charge in [0.15, 0.2) is 5.69 Å². The number of carbonyl (C=O) groups excluding carboxylic acids is 1. The minimum atomic E-state index is -0.0319. The van der Waals surface area contributed by atoms with Crippen molar-refractivity contribution in [3.63, 3.8) is 0 Å². The lowest BCUT2D eigenvalue weighted by Gasteiger charge is -2.34. The lowest BCUT2D eigenvalue weighted by Crippen LogP contribution is -2.37. The number of pyridine rings is 1. The van der Waals surface area contributed by atoms with E-state index >= 15 is 0 Å². The van der Waals surface area contributed by atoms with Crippen LogP contribution in [0, 0.1) is 5.92 Å². The summed E-state index contributed by atoms with van der Waals surface area (Å²) in [6.07, 6.45) is 6.77. The van der Waals surface area contributed by atoms with E-state index in [0.717, 1.165) is 42.4 Å². The van der Waals surface area contributed by atoms with E-state index in [-0.39, 0.29) is 5.91 Å². The number of nitrogens with one attached hydrogen (secondary N) is 1. The molecule has 4 rings (SSSR count). The normalized spacial score (nSPS) is 17.8. The number of aromatic nitrogens is 3. The standard InChI is InChI=1S/C19H25N5O/c1-23(12-15-7-2-3-9-20-15)19(25)18-16-8-10-24(11-14-5-4-6-14)13-17(16)21-22-18/h2-3,7,9,14H,4-6,8,10-13H2,1H3,(H,21,22). The van der Waals surface area contributed by atoms with Gasteiger partial charge in [0.1, 0.15) is 0 Å². The van der Waals surface area contributed by atoms with E-state index in [1.54, 1.807) is 11.1 Å². The highest BCUT2D eigenvalue weighted by Crippen LogP contribution is 2.29. The average Bonchev–Trinajstić information content (AvgIpc) is 3.01. The molecule has 2 aromatic rings. The van der Waals surface area contributed by atoms with E-state index < -0.39 is 0 Å². The molecule has 0 spiro atoms. The first-order chi connectivity index (χ1) is 12.2. The molecule has 0 unspecified atom stereocenters. The molecular formula is C19H25N5O. The highest BCUT2D eigenvalue weighted by Gasteiger charge is 2.28. The number of aromatic amines is 1. The Bertz CT molecular complexity index is 738. The molecule has 6 heteroatoms. The Balaban J connectivity index is 1.42. The van der Waals surface area contributed by atoms with E-state index in [1.807, 2.05) is 25.2 Å². The summed E-state index contributed by atoms with van der Waals surface area (Å²) >= 11 is 0. The fourth-order valence-electron chi connectivity index (χ4n) is 3.73. The van der Waals surface area contributed by atoms with Crippen molar-refractivity contribution < 1.29 is 4.79 Å². The van der Waals surface area contributed by atoms with Crippen molar-refractivity contribution >= 4 is 5.91 Å². The molecule has 0 atom stereocenters. The van der Waals surface area contributed by atoms with Crippen LogP contribution in [0.25, 0.3) is 0 Å². The van der Waals surface area contributed by atoms with Crippen LogP contribution in [0.2, 0.25) is 0 Å². The van der Waals surface area contributed by atoms with Crippen molar-refractivity contribution in [2.24, 2.45) is 5.92 Å². The average molecular weight is 339 g/mol. The van der Waals surface area contributed by atoms with Crippen LogP contribution < -0.4 is 0 Å². The zero-order valence-electron chi connectivity index (χ0n) is 14.7. The third-order valence-corrected chi connectivity index (χ3v) is 5.43. The number of hydrogen-bond acceptors (Lipinski definition) is 4. The SMILES string of the molecule is CN(Cc1ccccn1)C(=O)c1n[nH]c2c1CCN(CC1CCC1)C2. The van der Waals surface area contributed by atoms with Crippen molar-refractivity contribution in [2.45, 2.75) is 38.8 Å². The fraction of sp³-hybridized carbons (Fsp3) is 0.526. The molecule has 2 aliphatic rings. The second-order valence-electron chi connectivity index (χ2n) is 7.29.